The van der Waals surface area contributed by atoms with E-state index < -0.39 is 12.7 Å². The Morgan fingerprint density at radius 3 is 2.71 bits per heavy atom. The van der Waals surface area contributed by atoms with E-state index in [4.69, 9.17) is 10.6 Å². The highest BCUT2D eigenvalue weighted by Gasteiger charge is 1.80. The standard InChI is InChI=1S/C6H14O/c1-2-3-4-5-6-7/h7H,2-6H2,1H3/i3D2,4D2. The molecule has 0 amide bonds. The van der Waals surface area contributed by atoms with Crippen LogP contribution in [0, 0.1) is 0 Å². The van der Waals surface area contributed by atoms with Gasteiger partial charge < -0.3 is 5.11 Å². The molecule has 0 saturated carbocycles. The van der Waals surface area contributed by atoms with Crippen molar-refractivity contribution in [2.24, 2.45) is 0 Å². The van der Waals surface area contributed by atoms with Gasteiger partial charge in [0.15, 0.2) is 0 Å². The maximum atomic E-state index is 8.45. The Kier molecular flexibility index (Phi) is 2.12. The second-order valence-electron chi connectivity index (χ2n) is 1.18. The third-order valence-corrected chi connectivity index (χ3v) is 0.539. The van der Waals surface area contributed by atoms with Crippen LogP contribution in [0.3, 0.4) is 0 Å². The van der Waals surface area contributed by atoms with E-state index in [-0.39, 0.29) is 19.4 Å². The van der Waals surface area contributed by atoms with E-state index in [1.165, 1.54) is 0 Å². The molecule has 0 aliphatic rings. The lowest BCUT2D eigenvalue weighted by molar-refractivity contribution is 0.283. The van der Waals surface area contributed by atoms with Crippen LogP contribution in [0.25, 0.3) is 0 Å². The summed E-state index contributed by atoms with van der Waals surface area (Å²) in [7, 11) is 0. The lowest BCUT2D eigenvalue weighted by Gasteiger charge is -1.90. The Bertz CT molecular complexity index is 124. The zero-order valence-electron chi connectivity index (χ0n) is 8.57. The average Bonchev–Trinajstić information content (AvgIpc) is 1.87. The van der Waals surface area contributed by atoms with Gasteiger partial charge in [0.2, 0.25) is 0 Å². The molecule has 7 heavy (non-hydrogen) atoms. The quantitative estimate of drug-likeness (QED) is 0.576. The molecule has 0 fully saturated rings. The molecule has 1 nitrogen and oxygen atoms in total. The monoisotopic (exact) mass is 106 g/mol. The summed E-state index contributed by atoms with van der Waals surface area (Å²) in [5, 5.41) is 8.45. The van der Waals surface area contributed by atoms with Crippen molar-refractivity contribution in [3.63, 3.8) is 0 Å². The van der Waals surface area contributed by atoms with Gasteiger partial charge in [0.05, 0.1) is 0 Å². The van der Waals surface area contributed by atoms with Crippen molar-refractivity contribution in [3.8, 4) is 0 Å². The van der Waals surface area contributed by atoms with E-state index in [1.54, 1.807) is 6.92 Å². The molecule has 0 aliphatic carbocycles. The maximum Gasteiger partial charge on any atom is 0.0431 e. The second-order valence-corrected chi connectivity index (χ2v) is 1.18. The third kappa shape index (κ3) is 5.96. The first-order chi connectivity index (χ1) is 4.87. The molecule has 0 aromatic rings. The molecule has 0 heterocycles. The first-order valence-corrected chi connectivity index (χ1v) is 2.48. The van der Waals surface area contributed by atoms with E-state index in [1.807, 2.05) is 0 Å². The van der Waals surface area contributed by atoms with Gasteiger partial charge in [-0.15, -0.1) is 0 Å². The van der Waals surface area contributed by atoms with Crippen molar-refractivity contribution in [3.05, 3.63) is 0 Å². The molecule has 0 unspecified atom stereocenters. The zero-order valence-corrected chi connectivity index (χ0v) is 4.57. The fourth-order valence-corrected chi connectivity index (χ4v) is 0.269. The molecular weight excluding hydrogens is 88.1 g/mol. The Morgan fingerprint density at radius 1 is 1.57 bits per heavy atom. The molecule has 0 aromatic heterocycles. The van der Waals surface area contributed by atoms with Crippen LogP contribution in [0.4, 0.5) is 0 Å². The van der Waals surface area contributed by atoms with Crippen molar-refractivity contribution in [2.75, 3.05) is 6.61 Å². The number of hydrogen-bond acceptors (Lipinski definition) is 1. The largest absolute Gasteiger partial charge is 0.396 e. The highest BCUT2D eigenvalue weighted by atomic mass is 16.2. The summed E-state index contributed by atoms with van der Waals surface area (Å²) in [6.45, 7) is 1.28. The third-order valence-electron chi connectivity index (χ3n) is 0.539. The number of aliphatic hydroxyl groups excluding tert-OH is 1. The van der Waals surface area contributed by atoms with Gasteiger partial charge in [-0.1, -0.05) is 26.1 Å². The molecule has 0 saturated heterocycles. The number of hydrogen-bond donors (Lipinski definition) is 1. The minimum atomic E-state index is -1.92. The van der Waals surface area contributed by atoms with Gasteiger partial charge in [-0.05, 0) is 6.42 Å². The highest BCUT2D eigenvalue weighted by molar-refractivity contribution is 4.35. The Labute approximate surface area is 51.0 Å². The van der Waals surface area contributed by atoms with E-state index >= 15 is 0 Å². The van der Waals surface area contributed by atoms with Crippen LogP contribution in [0.15, 0.2) is 0 Å². The van der Waals surface area contributed by atoms with Crippen LogP contribution < -0.4 is 0 Å². The summed E-state index contributed by atoms with van der Waals surface area (Å²) in [6.07, 6.45) is -3.78. The van der Waals surface area contributed by atoms with E-state index in [2.05, 4.69) is 0 Å². The van der Waals surface area contributed by atoms with Gasteiger partial charge >= 0.3 is 0 Å². The lowest BCUT2D eigenvalue weighted by Crippen LogP contribution is -1.80. The van der Waals surface area contributed by atoms with Gasteiger partial charge in [0.25, 0.3) is 0 Å². The minimum absolute atomic E-state index is 0.125. The molecule has 0 radical (unpaired) electrons. The molecule has 44 valence electrons. The Balaban J connectivity index is 4.26. The van der Waals surface area contributed by atoms with Crippen LogP contribution >= 0.6 is 0 Å². The van der Waals surface area contributed by atoms with Gasteiger partial charge in [-0.2, -0.15) is 0 Å². The molecule has 0 rings (SSSR count). The maximum absolute atomic E-state index is 8.45. The predicted molar refractivity (Wildman–Crippen MR) is 31.2 cm³/mol. The summed E-state index contributed by atoms with van der Waals surface area (Å²) in [5.41, 5.74) is 0. The molecule has 1 heteroatoms. The molecule has 0 aliphatic heterocycles. The SMILES string of the molecule is [2H]C([2H])(CC)C([2H])([2H])CCO. The summed E-state index contributed by atoms with van der Waals surface area (Å²) < 4.78 is 29.0. The van der Waals surface area contributed by atoms with Gasteiger partial charge in [0.1, 0.15) is 0 Å². The van der Waals surface area contributed by atoms with Crippen LogP contribution in [0.5, 0.6) is 0 Å². The summed E-state index contributed by atoms with van der Waals surface area (Å²) in [4.78, 5) is 0. The molecule has 0 bridgehead atoms. The highest BCUT2D eigenvalue weighted by Crippen LogP contribution is 1.95. The van der Waals surface area contributed by atoms with Crippen molar-refractivity contribution >= 4 is 0 Å². The molecular formula is C6H14O. The van der Waals surface area contributed by atoms with Crippen LogP contribution in [0.2, 0.25) is 0 Å². The van der Waals surface area contributed by atoms with Crippen molar-refractivity contribution in [1.29, 1.82) is 0 Å². The predicted octanol–water partition coefficient (Wildman–Crippen LogP) is 1.56. The Morgan fingerprint density at radius 2 is 2.29 bits per heavy atom. The van der Waals surface area contributed by atoms with E-state index in [9.17, 15) is 0 Å². The minimum Gasteiger partial charge on any atom is -0.396 e. The number of rotatable bonds is 4. The zero-order chi connectivity index (χ0) is 9.12. The lowest BCUT2D eigenvalue weighted by atomic mass is 10.2. The summed E-state index contributed by atoms with van der Waals surface area (Å²) in [6, 6.07) is 0. The fourth-order valence-electron chi connectivity index (χ4n) is 0.269. The number of aliphatic hydroxyl groups is 1. The van der Waals surface area contributed by atoms with Crippen molar-refractivity contribution < 1.29 is 10.6 Å². The van der Waals surface area contributed by atoms with Gasteiger partial charge in [0, 0.05) is 12.1 Å². The van der Waals surface area contributed by atoms with Gasteiger partial charge in [-0.3, -0.25) is 0 Å². The molecule has 0 atom stereocenters. The fraction of sp³-hybridized carbons (Fsp3) is 1.00. The normalized spacial score (nSPS) is 22.0. The Hall–Kier alpha value is -0.0400. The first kappa shape index (κ1) is 2.49. The first-order valence-electron chi connectivity index (χ1n) is 4.48. The van der Waals surface area contributed by atoms with Crippen LogP contribution in [0.1, 0.15) is 38.0 Å². The summed E-state index contributed by atoms with van der Waals surface area (Å²) >= 11 is 0. The molecule has 0 spiro atoms. The van der Waals surface area contributed by atoms with E-state index in [0.717, 1.165) is 0 Å². The average molecular weight is 106 g/mol. The smallest absolute Gasteiger partial charge is 0.0431 e. The molecule has 1 N–H and O–H groups in total. The van der Waals surface area contributed by atoms with E-state index in [0.29, 0.717) is 0 Å². The van der Waals surface area contributed by atoms with Crippen molar-refractivity contribution in [2.45, 2.75) is 32.5 Å². The van der Waals surface area contributed by atoms with Crippen molar-refractivity contribution in [1.82, 2.24) is 0 Å². The van der Waals surface area contributed by atoms with Crippen LogP contribution in [-0.4, -0.2) is 11.7 Å². The van der Waals surface area contributed by atoms with Crippen LogP contribution in [-0.2, 0) is 0 Å². The van der Waals surface area contributed by atoms with Gasteiger partial charge in [-0.25, -0.2) is 0 Å². The molecule has 0 aromatic carbocycles. The topological polar surface area (TPSA) is 20.2 Å². The second kappa shape index (κ2) is 5.96. The summed E-state index contributed by atoms with van der Waals surface area (Å²) in [5.74, 6) is 0.